The molecule has 5 rings (SSSR count). The number of aliphatic hydroxyl groups excluding tert-OH is 2. The van der Waals surface area contributed by atoms with Gasteiger partial charge in [0.05, 0.1) is 17.2 Å². The van der Waals surface area contributed by atoms with Crippen LogP contribution in [-0.2, 0) is 27.2 Å². The van der Waals surface area contributed by atoms with E-state index in [0.29, 0.717) is 17.5 Å². The average Bonchev–Trinajstić information content (AvgIpc) is 2.94. The third-order valence-electron chi connectivity index (χ3n) is 9.05. The van der Waals surface area contributed by atoms with Crippen LogP contribution in [0.2, 0.25) is 0 Å². The van der Waals surface area contributed by atoms with Crippen molar-refractivity contribution in [3.05, 3.63) is 56.9 Å². The first kappa shape index (κ1) is 28.7. The molecule has 9 heteroatoms. The van der Waals surface area contributed by atoms with Crippen LogP contribution in [0.25, 0.3) is 5.76 Å². The SMILES string of the molecule is CCc1cc(C#CC2=CCCCC2)c(O)c2c1C[C@H]1C[C@H]3[C@H](N(C)C)C(=O)C(C(=O)NC)=C(O)[C@@]3(O)C(=O)C1=C2O. The van der Waals surface area contributed by atoms with Gasteiger partial charge in [0.1, 0.15) is 22.8 Å². The van der Waals surface area contributed by atoms with Gasteiger partial charge >= 0.3 is 0 Å². The molecule has 0 saturated heterocycles. The maximum atomic E-state index is 14.1. The lowest BCUT2D eigenvalue weighted by atomic mass is 9.57. The second-order valence-corrected chi connectivity index (χ2v) is 11.5. The molecule has 4 atom stereocenters. The Morgan fingerprint density at radius 3 is 2.51 bits per heavy atom. The Morgan fingerprint density at radius 2 is 1.90 bits per heavy atom. The Bertz CT molecular complexity index is 1520. The van der Waals surface area contributed by atoms with Crippen molar-refractivity contribution in [2.45, 2.75) is 63.5 Å². The third kappa shape index (κ3) is 4.28. The van der Waals surface area contributed by atoms with Crippen molar-refractivity contribution in [2.24, 2.45) is 11.8 Å². The van der Waals surface area contributed by atoms with Crippen molar-refractivity contribution in [1.82, 2.24) is 10.2 Å². The van der Waals surface area contributed by atoms with E-state index in [2.05, 4.69) is 23.2 Å². The van der Waals surface area contributed by atoms with E-state index in [9.17, 15) is 34.8 Å². The highest BCUT2D eigenvalue weighted by molar-refractivity contribution is 6.24. The number of phenols is 1. The fourth-order valence-corrected chi connectivity index (χ4v) is 7.00. The largest absolute Gasteiger partial charge is 0.508 e. The fourth-order valence-electron chi connectivity index (χ4n) is 7.00. The van der Waals surface area contributed by atoms with Gasteiger partial charge in [-0.2, -0.15) is 0 Å². The van der Waals surface area contributed by atoms with E-state index < -0.39 is 58.0 Å². The highest BCUT2D eigenvalue weighted by Crippen LogP contribution is 2.53. The van der Waals surface area contributed by atoms with Crippen LogP contribution in [0.3, 0.4) is 0 Å². The number of aromatic hydroxyl groups is 1. The molecule has 0 unspecified atom stereocenters. The summed E-state index contributed by atoms with van der Waals surface area (Å²) >= 11 is 0. The molecule has 1 amide bonds. The number of amides is 1. The predicted octanol–water partition coefficient (Wildman–Crippen LogP) is 2.64. The number of benzene rings is 1. The number of nitrogens with zero attached hydrogens (tertiary/aromatic N) is 1. The van der Waals surface area contributed by atoms with Crippen molar-refractivity contribution in [2.75, 3.05) is 21.1 Å². The van der Waals surface area contributed by atoms with Gasteiger partial charge in [0.15, 0.2) is 11.4 Å². The standard InChI is InChI=1S/C32H36N2O7/c1-5-17-13-18(12-11-16-9-7-6-8-10-16)26(35)23-20(17)14-19-15-21-25(34(3)4)28(37)24(31(40)33-2)30(39)32(21,41)29(38)22(19)27(23)36/h9,13,19,21,25,35-36,39,41H,5-8,10,14-15H2,1-4H3,(H,33,40)/t19-,21-,25-,32-/m0/s1. The first-order valence-electron chi connectivity index (χ1n) is 14.1. The van der Waals surface area contributed by atoms with Crippen LogP contribution >= 0.6 is 0 Å². The summed E-state index contributed by atoms with van der Waals surface area (Å²) in [6.07, 6.45) is 7.06. The molecule has 9 nitrogen and oxygen atoms in total. The minimum atomic E-state index is -2.61. The number of carbonyl (C=O) groups is 3. The van der Waals surface area contributed by atoms with E-state index in [0.717, 1.165) is 36.8 Å². The summed E-state index contributed by atoms with van der Waals surface area (Å²) in [5.74, 6) is 0.197. The van der Waals surface area contributed by atoms with Crippen LogP contribution in [-0.4, -0.2) is 75.6 Å². The summed E-state index contributed by atoms with van der Waals surface area (Å²) in [4.78, 5) is 41.7. The van der Waals surface area contributed by atoms with Gasteiger partial charge in [-0.1, -0.05) is 24.8 Å². The lowest BCUT2D eigenvalue weighted by Gasteiger charge is -2.50. The molecule has 41 heavy (non-hydrogen) atoms. The fraction of sp³-hybridized carbons (Fsp3) is 0.469. The molecular formula is C32H36N2O7. The van der Waals surface area contributed by atoms with Crippen molar-refractivity contribution in [3.63, 3.8) is 0 Å². The molecule has 0 spiro atoms. The second kappa shape index (κ2) is 10.5. The maximum absolute atomic E-state index is 14.1. The highest BCUT2D eigenvalue weighted by atomic mass is 16.3. The van der Waals surface area contributed by atoms with Gasteiger partial charge in [-0.3, -0.25) is 19.3 Å². The quantitative estimate of drug-likeness (QED) is 0.280. The molecule has 1 aromatic carbocycles. The number of aliphatic hydroxyl groups is 3. The molecule has 0 heterocycles. The minimum absolute atomic E-state index is 0.0837. The molecule has 0 aromatic heterocycles. The number of aryl methyl sites for hydroxylation is 1. The number of ketones is 2. The van der Waals surface area contributed by atoms with Crippen LogP contribution in [0.5, 0.6) is 5.75 Å². The number of likely N-dealkylation sites (N-methyl/N-ethyl adjacent to an activating group) is 2. The lowest BCUT2D eigenvalue weighted by molar-refractivity contribution is -0.153. The zero-order chi connectivity index (χ0) is 29.8. The molecule has 0 bridgehead atoms. The first-order chi connectivity index (χ1) is 19.5. The first-order valence-corrected chi connectivity index (χ1v) is 14.1. The summed E-state index contributed by atoms with van der Waals surface area (Å²) in [5, 5.41) is 48.2. The van der Waals surface area contributed by atoms with Crippen molar-refractivity contribution in [3.8, 4) is 17.6 Å². The number of rotatable bonds is 3. The van der Waals surface area contributed by atoms with E-state index in [1.807, 2.05) is 13.0 Å². The van der Waals surface area contributed by atoms with Crippen LogP contribution in [0.15, 0.2) is 34.6 Å². The molecule has 216 valence electrons. The van der Waals surface area contributed by atoms with Gasteiger partial charge in [-0.05, 0) is 87.7 Å². The van der Waals surface area contributed by atoms with Crippen LogP contribution in [0.1, 0.15) is 61.3 Å². The topological polar surface area (TPSA) is 147 Å². The van der Waals surface area contributed by atoms with Crippen molar-refractivity contribution >= 4 is 23.2 Å². The second-order valence-electron chi connectivity index (χ2n) is 11.5. The Hall–Kier alpha value is -3.87. The summed E-state index contributed by atoms with van der Waals surface area (Å²) in [6, 6.07) is 0.754. The third-order valence-corrected chi connectivity index (χ3v) is 9.05. The minimum Gasteiger partial charge on any atom is -0.508 e. The van der Waals surface area contributed by atoms with E-state index in [1.165, 1.54) is 11.9 Å². The van der Waals surface area contributed by atoms with Gasteiger partial charge in [-0.25, -0.2) is 0 Å². The maximum Gasteiger partial charge on any atom is 0.258 e. The number of hydrogen-bond donors (Lipinski definition) is 5. The number of phenolic OH excluding ortho intramolecular Hbond substituents is 1. The monoisotopic (exact) mass is 560 g/mol. The number of hydrogen-bond acceptors (Lipinski definition) is 8. The van der Waals surface area contributed by atoms with Crippen molar-refractivity contribution < 1.29 is 34.8 Å². The van der Waals surface area contributed by atoms with Crippen molar-refractivity contribution in [1.29, 1.82) is 0 Å². The number of carbonyl (C=O) groups excluding carboxylic acids is 3. The normalized spacial score (nSPS) is 27.5. The smallest absolute Gasteiger partial charge is 0.258 e. The predicted molar refractivity (Wildman–Crippen MR) is 152 cm³/mol. The van der Waals surface area contributed by atoms with Crippen LogP contribution in [0.4, 0.5) is 0 Å². The molecule has 1 fully saturated rings. The molecule has 0 aliphatic heterocycles. The highest BCUT2D eigenvalue weighted by Gasteiger charge is 2.64. The summed E-state index contributed by atoms with van der Waals surface area (Å²) in [5.41, 5.74) is -0.449. The van der Waals surface area contributed by atoms with Gasteiger partial charge in [-0.15, -0.1) is 0 Å². The number of fused-ring (bicyclic) bond motifs is 3. The number of nitrogens with one attached hydrogen (secondary N) is 1. The zero-order valence-corrected chi connectivity index (χ0v) is 23.8. The molecule has 4 aliphatic rings. The molecule has 1 aromatic rings. The molecule has 0 radical (unpaired) electrons. The van der Waals surface area contributed by atoms with E-state index in [4.69, 9.17) is 0 Å². The Morgan fingerprint density at radius 1 is 1.17 bits per heavy atom. The summed E-state index contributed by atoms with van der Waals surface area (Å²) in [7, 11) is 4.49. The zero-order valence-electron chi connectivity index (χ0n) is 23.8. The molecule has 5 N–H and O–H groups in total. The summed E-state index contributed by atoms with van der Waals surface area (Å²) < 4.78 is 0. The number of allylic oxidation sites excluding steroid dienone is 2. The van der Waals surface area contributed by atoms with Gasteiger partial charge in [0.2, 0.25) is 5.78 Å². The number of Topliss-reactive ketones (excluding diaryl/α,β-unsaturated/α-hetero) is 2. The summed E-state index contributed by atoms with van der Waals surface area (Å²) in [6.45, 7) is 1.96. The Kier molecular flexibility index (Phi) is 7.35. The van der Waals surface area contributed by atoms with Gasteiger partial charge in [0, 0.05) is 18.5 Å². The van der Waals surface area contributed by atoms with Gasteiger partial charge < -0.3 is 25.7 Å². The Balaban J connectivity index is 1.69. The van der Waals surface area contributed by atoms with Crippen LogP contribution in [0, 0.1) is 23.7 Å². The Labute approximate surface area is 239 Å². The molecule has 1 saturated carbocycles. The van der Waals surface area contributed by atoms with E-state index >= 15 is 0 Å². The molecule has 4 aliphatic carbocycles. The molecular weight excluding hydrogens is 524 g/mol. The van der Waals surface area contributed by atoms with Gasteiger partial charge in [0.25, 0.3) is 5.91 Å². The average molecular weight is 561 g/mol. The lowest BCUT2D eigenvalue weighted by Crippen LogP contribution is -2.65. The van der Waals surface area contributed by atoms with Crippen LogP contribution < -0.4 is 5.32 Å². The van der Waals surface area contributed by atoms with E-state index in [1.54, 1.807) is 14.1 Å². The van der Waals surface area contributed by atoms with E-state index in [-0.39, 0.29) is 29.7 Å².